The van der Waals surface area contributed by atoms with Gasteiger partial charge in [-0.1, -0.05) is 26.3 Å². The molecule has 0 spiro atoms. The third-order valence-electron chi connectivity index (χ3n) is 4.75. The zero-order valence-electron chi connectivity index (χ0n) is 12.9. The summed E-state index contributed by atoms with van der Waals surface area (Å²) in [7, 11) is 1.33. The summed E-state index contributed by atoms with van der Waals surface area (Å²) in [6.45, 7) is 4.13. The monoisotopic (exact) mass is 293 g/mol. The average Bonchev–Trinajstić information content (AvgIpc) is 3.01. The van der Waals surface area contributed by atoms with Crippen molar-refractivity contribution >= 4 is 17.8 Å². The van der Waals surface area contributed by atoms with Crippen LogP contribution in [0.4, 0.5) is 0 Å². The van der Waals surface area contributed by atoms with E-state index in [1.165, 1.54) is 12.0 Å². The molecule has 116 valence electrons. The molecule has 1 saturated carbocycles. The Morgan fingerprint density at radius 1 is 1.24 bits per heavy atom. The maximum absolute atomic E-state index is 12.4. The van der Waals surface area contributed by atoms with Crippen molar-refractivity contribution in [1.82, 2.24) is 4.90 Å². The largest absolute Gasteiger partial charge is 0.466 e. The van der Waals surface area contributed by atoms with E-state index < -0.39 is 5.97 Å². The topological polar surface area (TPSA) is 63.7 Å². The lowest BCUT2D eigenvalue weighted by molar-refractivity contribution is -0.140. The van der Waals surface area contributed by atoms with Gasteiger partial charge in [0.15, 0.2) is 0 Å². The summed E-state index contributed by atoms with van der Waals surface area (Å²) < 4.78 is 4.68. The number of imide groups is 1. The zero-order chi connectivity index (χ0) is 15.6. The molecular formula is C16H23NO4. The number of hydrogen-bond donors (Lipinski definition) is 0. The number of amides is 2. The van der Waals surface area contributed by atoms with Gasteiger partial charge in [0, 0.05) is 12.1 Å². The molecule has 1 aliphatic carbocycles. The molecule has 2 aliphatic rings. The van der Waals surface area contributed by atoms with Gasteiger partial charge in [-0.15, -0.1) is 0 Å². The number of hydrogen-bond acceptors (Lipinski definition) is 4. The Hall–Kier alpha value is -1.65. The molecule has 2 amide bonds. The predicted molar refractivity (Wildman–Crippen MR) is 77.1 cm³/mol. The van der Waals surface area contributed by atoms with Crippen molar-refractivity contribution in [3.63, 3.8) is 0 Å². The van der Waals surface area contributed by atoms with E-state index in [9.17, 15) is 14.4 Å². The summed E-state index contributed by atoms with van der Waals surface area (Å²) in [5.74, 6) is -0.331. The van der Waals surface area contributed by atoms with Gasteiger partial charge in [-0.3, -0.25) is 14.5 Å². The van der Waals surface area contributed by atoms with E-state index in [2.05, 4.69) is 11.7 Å². The molecule has 0 aromatic carbocycles. The van der Waals surface area contributed by atoms with E-state index in [0.717, 1.165) is 19.3 Å². The fourth-order valence-corrected chi connectivity index (χ4v) is 3.42. The Bertz CT molecular complexity index is 459. The molecule has 0 aromatic rings. The van der Waals surface area contributed by atoms with Crippen LogP contribution in [0.5, 0.6) is 0 Å². The van der Waals surface area contributed by atoms with Crippen LogP contribution < -0.4 is 0 Å². The smallest absolute Gasteiger partial charge is 0.333 e. The van der Waals surface area contributed by atoms with Crippen molar-refractivity contribution in [2.45, 2.75) is 39.5 Å². The summed E-state index contributed by atoms with van der Waals surface area (Å²) in [4.78, 5) is 37.5. The molecule has 1 aliphatic heterocycles. The van der Waals surface area contributed by atoms with E-state index in [4.69, 9.17) is 0 Å². The number of esters is 1. The number of ether oxygens (including phenoxy) is 1. The van der Waals surface area contributed by atoms with Crippen molar-refractivity contribution in [3.8, 4) is 0 Å². The maximum atomic E-state index is 12.4. The minimum Gasteiger partial charge on any atom is -0.466 e. The van der Waals surface area contributed by atoms with Crippen LogP contribution in [0.3, 0.4) is 0 Å². The van der Waals surface area contributed by atoms with Gasteiger partial charge in [0.05, 0.1) is 18.9 Å². The minimum atomic E-state index is -0.400. The first kappa shape index (κ1) is 15.7. The number of carbonyl (C=O) groups is 3. The SMILES string of the molecule is CC/C(=C/CN1C(=O)C2CC(CC)CC2C1=O)C(=O)OC. The molecular weight excluding hydrogens is 270 g/mol. The molecule has 1 heterocycles. The van der Waals surface area contributed by atoms with Crippen molar-refractivity contribution in [3.05, 3.63) is 11.6 Å². The van der Waals surface area contributed by atoms with Crippen LogP contribution in [0.2, 0.25) is 0 Å². The van der Waals surface area contributed by atoms with Gasteiger partial charge in [0.1, 0.15) is 0 Å². The lowest BCUT2D eigenvalue weighted by atomic mass is 10.00. The van der Waals surface area contributed by atoms with Gasteiger partial charge in [-0.2, -0.15) is 0 Å². The number of nitrogens with zero attached hydrogens (tertiary/aromatic N) is 1. The number of fused-ring (bicyclic) bond motifs is 1. The molecule has 0 bridgehead atoms. The van der Waals surface area contributed by atoms with Crippen LogP contribution >= 0.6 is 0 Å². The highest BCUT2D eigenvalue weighted by atomic mass is 16.5. The van der Waals surface area contributed by atoms with Crippen molar-refractivity contribution in [1.29, 1.82) is 0 Å². The molecule has 2 rings (SSSR count). The van der Waals surface area contributed by atoms with E-state index in [-0.39, 0.29) is 30.2 Å². The normalized spacial score (nSPS) is 29.0. The highest BCUT2D eigenvalue weighted by Crippen LogP contribution is 2.44. The molecule has 5 nitrogen and oxygen atoms in total. The Morgan fingerprint density at radius 3 is 2.24 bits per heavy atom. The highest BCUT2D eigenvalue weighted by molar-refractivity contribution is 6.05. The third-order valence-corrected chi connectivity index (χ3v) is 4.75. The minimum absolute atomic E-state index is 0.0717. The predicted octanol–water partition coefficient (Wildman–Crippen LogP) is 1.92. The zero-order valence-corrected chi connectivity index (χ0v) is 12.9. The van der Waals surface area contributed by atoms with Crippen LogP contribution in [0.25, 0.3) is 0 Å². The molecule has 5 heteroatoms. The van der Waals surface area contributed by atoms with E-state index in [1.807, 2.05) is 6.92 Å². The number of likely N-dealkylation sites (tertiary alicyclic amines) is 1. The summed E-state index contributed by atoms with van der Waals surface area (Å²) >= 11 is 0. The Kier molecular flexibility index (Phi) is 4.80. The average molecular weight is 293 g/mol. The second kappa shape index (κ2) is 6.41. The molecule has 0 aromatic heterocycles. The molecule has 2 unspecified atom stereocenters. The van der Waals surface area contributed by atoms with Crippen LogP contribution in [0.15, 0.2) is 11.6 Å². The van der Waals surface area contributed by atoms with Crippen LogP contribution in [0.1, 0.15) is 39.5 Å². The molecule has 2 fully saturated rings. The lowest BCUT2D eigenvalue weighted by Crippen LogP contribution is -2.32. The molecule has 1 saturated heterocycles. The van der Waals surface area contributed by atoms with Crippen molar-refractivity contribution in [2.24, 2.45) is 17.8 Å². The van der Waals surface area contributed by atoms with Crippen LogP contribution in [-0.2, 0) is 19.1 Å². The first-order valence-electron chi connectivity index (χ1n) is 7.65. The highest BCUT2D eigenvalue weighted by Gasteiger charge is 2.51. The second-order valence-electron chi connectivity index (χ2n) is 5.82. The maximum Gasteiger partial charge on any atom is 0.333 e. The first-order valence-corrected chi connectivity index (χ1v) is 7.65. The van der Waals surface area contributed by atoms with Gasteiger partial charge >= 0.3 is 5.97 Å². The van der Waals surface area contributed by atoms with Crippen LogP contribution in [-0.4, -0.2) is 36.3 Å². The Balaban J connectivity index is 2.06. The summed E-state index contributed by atoms with van der Waals surface area (Å²) in [5.41, 5.74) is 0.501. The Morgan fingerprint density at radius 2 is 1.81 bits per heavy atom. The van der Waals surface area contributed by atoms with Gasteiger partial charge in [0.25, 0.3) is 0 Å². The second-order valence-corrected chi connectivity index (χ2v) is 5.82. The quantitative estimate of drug-likeness (QED) is 0.441. The molecule has 0 radical (unpaired) electrons. The molecule has 2 atom stereocenters. The van der Waals surface area contributed by atoms with Gasteiger partial charge in [0.2, 0.25) is 11.8 Å². The third kappa shape index (κ3) is 2.87. The molecule has 0 N–H and O–H groups in total. The number of methoxy groups -OCH3 is 1. The van der Waals surface area contributed by atoms with Crippen molar-refractivity contribution in [2.75, 3.05) is 13.7 Å². The lowest BCUT2D eigenvalue weighted by Gasteiger charge is -2.16. The van der Waals surface area contributed by atoms with Gasteiger partial charge in [-0.05, 0) is 25.2 Å². The van der Waals surface area contributed by atoms with Crippen molar-refractivity contribution < 1.29 is 19.1 Å². The van der Waals surface area contributed by atoms with Crippen LogP contribution in [0, 0.1) is 17.8 Å². The first-order chi connectivity index (χ1) is 10.0. The number of carbonyl (C=O) groups excluding carboxylic acids is 3. The van der Waals surface area contributed by atoms with Gasteiger partial charge < -0.3 is 4.74 Å². The van der Waals surface area contributed by atoms with E-state index in [0.29, 0.717) is 17.9 Å². The molecule has 21 heavy (non-hydrogen) atoms. The summed E-state index contributed by atoms with van der Waals surface area (Å²) in [6.07, 6.45) is 4.83. The number of rotatable bonds is 5. The fraction of sp³-hybridized carbons (Fsp3) is 0.688. The Labute approximate surface area is 125 Å². The van der Waals surface area contributed by atoms with Gasteiger partial charge in [-0.25, -0.2) is 4.79 Å². The van der Waals surface area contributed by atoms with E-state index >= 15 is 0 Å². The fourth-order valence-electron chi connectivity index (χ4n) is 3.42. The van der Waals surface area contributed by atoms with E-state index in [1.54, 1.807) is 6.08 Å². The summed E-state index contributed by atoms with van der Waals surface area (Å²) in [6, 6.07) is 0. The standard InChI is InChI=1S/C16H23NO4/c1-4-10-8-12-13(9-10)15(19)17(14(12)18)7-6-11(5-2)16(20)21-3/h6,10,12-13H,4-5,7-9H2,1-3H3/b11-6-. The summed E-state index contributed by atoms with van der Waals surface area (Å²) in [5, 5.41) is 0.